The molecule has 0 aromatic heterocycles. The number of hydrogen-bond acceptors (Lipinski definition) is 4. The average molecular weight is 337 g/mol. The summed E-state index contributed by atoms with van der Waals surface area (Å²) in [6.07, 6.45) is 0.552. The van der Waals surface area contributed by atoms with Crippen LogP contribution < -0.4 is 5.14 Å². The molecule has 0 aliphatic carbocycles. The Morgan fingerprint density at radius 2 is 2.19 bits per heavy atom. The molecule has 1 saturated heterocycles. The van der Waals surface area contributed by atoms with Crippen LogP contribution in [0.25, 0.3) is 0 Å². The molecule has 0 bridgehead atoms. The van der Waals surface area contributed by atoms with Crippen LogP contribution in [0.1, 0.15) is 16.8 Å². The topological polar surface area (TPSA) is 89.7 Å². The molecule has 9 heteroatoms. The summed E-state index contributed by atoms with van der Waals surface area (Å²) in [5.41, 5.74) is -0.225. The van der Waals surface area contributed by atoms with Gasteiger partial charge >= 0.3 is 0 Å². The molecule has 1 heterocycles. The molecule has 1 aromatic carbocycles. The standard InChI is InChI=1S/C12H14ClFN2O4S/c1-20-7-2-3-16(6-7)12(17)9-4-8(21(15,18)19)5-10(14)11(9)13/h4-5,7H,2-3,6H2,1H3,(H2,15,18,19). The molecule has 1 aromatic rings. The first-order chi connectivity index (χ1) is 9.74. The van der Waals surface area contributed by atoms with Gasteiger partial charge in [-0.3, -0.25) is 4.79 Å². The molecule has 21 heavy (non-hydrogen) atoms. The number of primary sulfonamides is 1. The second kappa shape index (κ2) is 5.88. The Kier molecular flexibility index (Phi) is 4.52. The Bertz CT molecular complexity index is 680. The van der Waals surface area contributed by atoms with Crippen molar-refractivity contribution in [3.63, 3.8) is 0 Å². The zero-order valence-corrected chi connectivity index (χ0v) is 12.7. The van der Waals surface area contributed by atoms with E-state index >= 15 is 0 Å². The summed E-state index contributed by atoms with van der Waals surface area (Å²) in [5.74, 6) is -1.56. The van der Waals surface area contributed by atoms with Gasteiger partial charge in [0.1, 0.15) is 5.82 Å². The summed E-state index contributed by atoms with van der Waals surface area (Å²) in [6.45, 7) is 0.766. The Morgan fingerprint density at radius 1 is 1.52 bits per heavy atom. The van der Waals surface area contributed by atoms with E-state index in [1.54, 1.807) is 0 Å². The molecule has 1 aliphatic rings. The smallest absolute Gasteiger partial charge is 0.255 e. The molecule has 1 fully saturated rings. The maximum atomic E-state index is 13.7. The van der Waals surface area contributed by atoms with Crippen LogP contribution in [0.15, 0.2) is 17.0 Å². The van der Waals surface area contributed by atoms with Crippen LogP contribution in [-0.2, 0) is 14.8 Å². The molecular weight excluding hydrogens is 323 g/mol. The van der Waals surface area contributed by atoms with Crippen molar-refractivity contribution >= 4 is 27.5 Å². The predicted octanol–water partition coefficient (Wildman–Crippen LogP) is 0.987. The number of nitrogens with zero attached hydrogens (tertiary/aromatic N) is 1. The van der Waals surface area contributed by atoms with Crippen molar-refractivity contribution in [1.29, 1.82) is 0 Å². The predicted molar refractivity (Wildman–Crippen MR) is 74.1 cm³/mol. The van der Waals surface area contributed by atoms with Crippen LogP contribution >= 0.6 is 11.6 Å². The number of rotatable bonds is 3. The number of methoxy groups -OCH3 is 1. The van der Waals surface area contributed by atoms with Crippen LogP contribution in [0.3, 0.4) is 0 Å². The summed E-state index contributed by atoms with van der Waals surface area (Å²) in [5, 5.41) is 4.54. The first-order valence-corrected chi connectivity index (χ1v) is 8.00. The van der Waals surface area contributed by atoms with Gasteiger partial charge < -0.3 is 9.64 Å². The largest absolute Gasteiger partial charge is 0.380 e. The van der Waals surface area contributed by atoms with Gasteiger partial charge in [-0.05, 0) is 18.6 Å². The number of hydrogen-bond donors (Lipinski definition) is 1. The molecule has 1 amide bonds. The normalized spacial score (nSPS) is 19.0. The SMILES string of the molecule is COC1CCN(C(=O)c2cc(S(N)(=O)=O)cc(F)c2Cl)C1. The molecular formula is C12H14ClFN2O4S. The molecule has 0 spiro atoms. The highest BCUT2D eigenvalue weighted by molar-refractivity contribution is 7.89. The quantitative estimate of drug-likeness (QED) is 0.891. The number of likely N-dealkylation sites (tertiary alicyclic amines) is 1. The monoisotopic (exact) mass is 336 g/mol. The van der Waals surface area contributed by atoms with E-state index in [1.165, 1.54) is 12.0 Å². The van der Waals surface area contributed by atoms with Gasteiger partial charge in [-0.1, -0.05) is 11.6 Å². The van der Waals surface area contributed by atoms with Crippen molar-refractivity contribution < 1.29 is 22.3 Å². The van der Waals surface area contributed by atoms with Gasteiger partial charge in [0.2, 0.25) is 10.0 Å². The van der Waals surface area contributed by atoms with Gasteiger partial charge in [0.25, 0.3) is 5.91 Å². The van der Waals surface area contributed by atoms with Gasteiger partial charge in [0.05, 0.1) is 21.6 Å². The van der Waals surface area contributed by atoms with Crippen molar-refractivity contribution in [2.45, 2.75) is 17.4 Å². The highest BCUT2D eigenvalue weighted by atomic mass is 35.5. The molecule has 0 radical (unpaired) electrons. The Balaban J connectivity index is 2.39. The number of benzene rings is 1. The van der Waals surface area contributed by atoms with Gasteiger partial charge in [-0.2, -0.15) is 0 Å². The van der Waals surface area contributed by atoms with E-state index in [0.29, 0.717) is 25.6 Å². The fourth-order valence-electron chi connectivity index (χ4n) is 2.16. The lowest BCUT2D eigenvalue weighted by Crippen LogP contribution is -2.30. The molecule has 1 unspecified atom stereocenters. The number of carbonyl (C=O) groups excluding carboxylic acids is 1. The second-order valence-corrected chi connectivity index (χ2v) is 6.65. The minimum absolute atomic E-state index is 0.0982. The molecule has 116 valence electrons. The van der Waals surface area contributed by atoms with E-state index in [2.05, 4.69) is 0 Å². The van der Waals surface area contributed by atoms with E-state index in [9.17, 15) is 17.6 Å². The maximum Gasteiger partial charge on any atom is 0.255 e. The average Bonchev–Trinajstić information content (AvgIpc) is 2.88. The van der Waals surface area contributed by atoms with Gasteiger partial charge in [-0.15, -0.1) is 0 Å². The summed E-state index contributed by atoms with van der Waals surface area (Å²) >= 11 is 5.77. The van der Waals surface area contributed by atoms with Crippen LogP contribution in [0.5, 0.6) is 0 Å². The molecule has 2 N–H and O–H groups in total. The zero-order valence-electron chi connectivity index (χ0n) is 11.2. The number of carbonyl (C=O) groups is 1. The first kappa shape index (κ1) is 16.2. The van der Waals surface area contributed by atoms with E-state index in [1.807, 2.05) is 0 Å². The van der Waals surface area contributed by atoms with E-state index in [4.69, 9.17) is 21.5 Å². The van der Waals surface area contributed by atoms with Crippen molar-refractivity contribution in [3.8, 4) is 0 Å². The highest BCUT2D eigenvalue weighted by Gasteiger charge is 2.29. The zero-order chi connectivity index (χ0) is 15.8. The van der Waals surface area contributed by atoms with E-state index in [-0.39, 0.29) is 11.7 Å². The molecule has 2 rings (SSSR count). The van der Waals surface area contributed by atoms with Gasteiger partial charge in [0.15, 0.2) is 0 Å². The Hall–Kier alpha value is -1.22. The van der Waals surface area contributed by atoms with E-state index < -0.39 is 31.7 Å². The highest BCUT2D eigenvalue weighted by Crippen LogP contribution is 2.26. The molecule has 1 atom stereocenters. The number of nitrogens with two attached hydrogens (primary N) is 1. The van der Waals surface area contributed by atoms with Crippen molar-refractivity contribution in [2.24, 2.45) is 5.14 Å². The lowest BCUT2D eigenvalue weighted by Gasteiger charge is -2.17. The fourth-order valence-corrected chi connectivity index (χ4v) is 2.90. The third kappa shape index (κ3) is 3.34. The lowest BCUT2D eigenvalue weighted by atomic mass is 10.2. The minimum atomic E-state index is -4.13. The summed E-state index contributed by atoms with van der Waals surface area (Å²) in [6, 6.07) is 1.68. The Labute approximate surface area is 126 Å². The number of halogens is 2. The van der Waals surface area contributed by atoms with Crippen LogP contribution in [0, 0.1) is 5.82 Å². The van der Waals surface area contributed by atoms with Crippen LogP contribution in [0.4, 0.5) is 4.39 Å². The number of ether oxygens (including phenoxy) is 1. The molecule has 6 nitrogen and oxygen atoms in total. The number of amides is 1. The van der Waals surface area contributed by atoms with Crippen molar-refractivity contribution in [3.05, 3.63) is 28.5 Å². The van der Waals surface area contributed by atoms with Crippen LogP contribution in [-0.4, -0.2) is 45.5 Å². The Morgan fingerprint density at radius 3 is 2.71 bits per heavy atom. The van der Waals surface area contributed by atoms with Crippen molar-refractivity contribution in [2.75, 3.05) is 20.2 Å². The third-order valence-corrected chi connectivity index (χ3v) is 4.60. The minimum Gasteiger partial charge on any atom is -0.380 e. The van der Waals surface area contributed by atoms with Gasteiger partial charge in [-0.25, -0.2) is 17.9 Å². The summed E-state index contributed by atoms with van der Waals surface area (Å²) < 4.78 is 41.5. The van der Waals surface area contributed by atoms with Crippen LogP contribution in [0.2, 0.25) is 5.02 Å². The molecule has 1 aliphatic heterocycles. The fraction of sp³-hybridized carbons (Fsp3) is 0.417. The maximum absolute atomic E-state index is 13.7. The lowest BCUT2D eigenvalue weighted by molar-refractivity contribution is 0.0723. The summed E-state index contributed by atoms with van der Waals surface area (Å²) in [4.78, 5) is 13.3. The summed E-state index contributed by atoms with van der Waals surface area (Å²) in [7, 11) is -2.60. The van der Waals surface area contributed by atoms with Crippen molar-refractivity contribution in [1.82, 2.24) is 4.90 Å². The van der Waals surface area contributed by atoms with E-state index in [0.717, 1.165) is 6.07 Å². The second-order valence-electron chi connectivity index (χ2n) is 4.71. The third-order valence-electron chi connectivity index (χ3n) is 3.33. The number of sulfonamides is 1. The first-order valence-electron chi connectivity index (χ1n) is 6.08. The molecule has 0 saturated carbocycles. The van der Waals surface area contributed by atoms with Gasteiger partial charge in [0, 0.05) is 20.2 Å².